The molecule has 0 N–H and O–H groups in total. The van der Waals surface area contributed by atoms with E-state index in [9.17, 15) is 14.9 Å². The van der Waals surface area contributed by atoms with Gasteiger partial charge in [0.15, 0.2) is 5.58 Å². The SMILES string of the molecule is O=c1oc2ccc([N+](=O)[O-])cc2n1Cc1nnc(-c2ccc(Br)cc2)o1. The van der Waals surface area contributed by atoms with Crippen LogP contribution in [-0.2, 0) is 6.54 Å². The molecule has 26 heavy (non-hydrogen) atoms. The van der Waals surface area contributed by atoms with Gasteiger partial charge in [-0.15, -0.1) is 10.2 Å². The van der Waals surface area contributed by atoms with Crippen molar-refractivity contribution in [3.8, 4) is 11.5 Å². The maximum Gasteiger partial charge on any atom is 0.420 e. The first-order valence-electron chi connectivity index (χ1n) is 7.37. The van der Waals surface area contributed by atoms with Crippen LogP contribution in [0.5, 0.6) is 0 Å². The van der Waals surface area contributed by atoms with Gasteiger partial charge in [-0.2, -0.15) is 0 Å². The van der Waals surface area contributed by atoms with E-state index in [0.717, 1.165) is 10.0 Å². The predicted molar refractivity (Wildman–Crippen MR) is 93.7 cm³/mol. The van der Waals surface area contributed by atoms with Crippen LogP contribution < -0.4 is 5.76 Å². The van der Waals surface area contributed by atoms with Gasteiger partial charge < -0.3 is 8.83 Å². The summed E-state index contributed by atoms with van der Waals surface area (Å²) in [5, 5.41) is 18.8. The van der Waals surface area contributed by atoms with E-state index in [1.54, 1.807) is 0 Å². The van der Waals surface area contributed by atoms with Crippen molar-refractivity contribution in [2.75, 3.05) is 0 Å². The summed E-state index contributed by atoms with van der Waals surface area (Å²) in [6.07, 6.45) is 0. The molecule has 4 aromatic rings. The Balaban J connectivity index is 1.70. The molecule has 0 saturated heterocycles. The first-order chi connectivity index (χ1) is 12.5. The minimum absolute atomic E-state index is 0.0590. The van der Waals surface area contributed by atoms with Crippen LogP contribution in [0.4, 0.5) is 5.69 Å². The zero-order valence-electron chi connectivity index (χ0n) is 13.0. The third-order valence-corrected chi connectivity index (χ3v) is 4.24. The van der Waals surface area contributed by atoms with Gasteiger partial charge in [0, 0.05) is 22.2 Å². The number of hydrogen-bond donors (Lipinski definition) is 0. The molecule has 0 unspecified atom stereocenters. The van der Waals surface area contributed by atoms with Gasteiger partial charge in [-0.3, -0.25) is 14.7 Å². The van der Waals surface area contributed by atoms with Crippen molar-refractivity contribution in [2.24, 2.45) is 0 Å². The minimum atomic E-state index is -0.663. The van der Waals surface area contributed by atoms with Crippen molar-refractivity contribution < 1.29 is 13.8 Å². The highest BCUT2D eigenvalue weighted by Crippen LogP contribution is 2.23. The second kappa shape index (κ2) is 6.23. The molecule has 0 bridgehead atoms. The number of aromatic nitrogens is 3. The van der Waals surface area contributed by atoms with Gasteiger partial charge in [0.25, 0.3) is 5.69 Å². The zero-order chi connectivity index (χ0) is 18.3. The number of halogens is 1. The van der Waals surface area contributed by atoms with Crippen molar-refractivity contribution in [3.63, 3.8) is 0 Å². The molecule has 0 saturated carbocycles. The average Bonchev–Trinajstić information content (AvgIpc) is 3.20. The van der Waals surface area contributed by atoms with E-state index >= 15 is 0 Å². The van der Waals surface area contributed by atoms with Gasteiger partial charge in [-0.25, -0.2) is 4.79 Å². The maximum absolute atomic E-state index is 12.1. The quantitative estimate of drug-likeness (QED) is 0.369. The minimum Gasteiger partial charge on any atom is -0.419 e. The molecule has 0 aliphatic heterocycles. The number of nitrogens with zero attached hydrogens (tertiary/aromatic N) is 4. The lowest BCUT2D eigenvalue weighted by molar-refractivity contribution is -0.384. The summed E-state index contributed by atoms with van der Waals surface area (Å²) in [4.78, 5) is 22.5. The average molecular weight is 417 g/mol. The first kappa shape index (κ1) is 16.2. The Morgan fingerprint density at radius 2 is 1.88 bits per heavy atom. The highest BCUT2D eigenvalue weighted by molar-refractivity contribution is 9.10. The zero-order valence-corrected chi connectivity index (χ0v) is 14.5. The summed E-state index contributed by atoms with van der Waals surface area (Å²) in [5.41, 5.74) is 1.11. The van der Waals surface area contributed by atoms with Crippen LogP contribution >= 0.6 is 15.9 Å². The standard InChI is InChI=1S/C16H9BrN4O5/c17-10-3-1-9(2-4-10)15-19-18-14(26-15)8-20-12-7-11(21(23)24)5-6-13(12)25-16(20)22/h1-7H,8H2. The van der Waals surface area contributed by atoms with E-state index in [0.29, 0.717) is 5.89 Å². The molecular formula is C16H9BrN4O5. The maximum atomic E-state index is 12.1. The lowest BCUT2D eigenvalue weighted by Crippen LogP contribution is -2.15. The van der Waals surface area contributed by atoms with Crippen LogP contribution in [0.2, 0.25) is 0 Å². The van der Waals surface area contributed by atoms with Crippen molar-refractivity contribution in [1.82, 2.24) is 14.8 Å². The molecule has 0 aliphatic rings. The van der Waals surface area contributed by atoms with Crippen LogP contribution in [0, 0.1) is 10.1 Å². The molecule has 0 spiro atoms. The van der Waals surface area contributed by atoms with Gasteiger partial charge in [0.05, 0.1) is 10.4 Å². The first-order valence-corrected chi connectivity index (χ1v) is 8.16. The van der Waals surface area contributed by atoms with Crippen LogP contribution in [0.3, 0.4) is 0 Å². The topological polar surface area (TPSA) is 117 Å². The Kier molecular flexibility index (Phi) is 3.88. The fraction of sp³-hybridized carbons (Fsp3) is 0.0625. The lowest BCUT2D eigenvalue weighted by Gasteiger charge is -1.98. The number of rotatable bonds is 4. The highest BCUT2D eigenvalue weighted by Gasteiger charge is 2.17. The van der Waals surface area contributed by atoms with E-state index in [1.807, 2.05) is 24.3 Å². The number of nitro groups is 1. The van der Waals surface area contributed by atoms with Gasteiger partial charge in [0.2, 0.25) is 11.8 Å². The van der Waals surface area contributed by atoms with E-state index in [2.05, 4.69) is 26.1 Å². The van der Waals surface area contributed by atoms with Crippen LogP contribution in [-0.4, -0.2) is 19.7 Å². The number of non-ortho nitro benzene ring substituents is 1. The largest absolute Gasteiger partial charge is 0.420 e. The Hall–Kier alpha value is -3.27. The van der Waals surface area contributed by atoms with Crippen molar-refractivity contribution >= 4 is 32.7 Å². The van der Waals surface area contributed by atoms with E-state index in [-0.39, 0.29) is 29.2 Å². The van der Waals surface area contributed by atoms with Crippen molar-refractivity contribution in [2.45, 2.75) is 6.54 Å². The number of fused-ring (bicyclic) bond motifs is 1. The number of oxazole rings is 1. The highest BCUT2D eigenvalue weighted by atomic mass is 79.9. The Morgan fingerprint density at radius 3 is 2.62 bits per heavy atom. The Labute approximate surface area is 153 Å². The summed E-state index contributed by atoms with van der Waals surface area (Å²) in [7, 11) is 0. The Morgan fingerprint density at radius 1 is 1.12 bits per heavy atom. The third-order valence-electron chi connectivity index (χ3n) is 3.71. The molecule has 2 heterocycles. The van der Waals surface area contributed by atoms with Crippen molar-refractivity contribution in [3.05, 3.63) is 73.5 Å². The Bertz CT molecular complexity index is 1180. The van der Waals surface area contributed by atoms with Crippen LogP contribution in [0.25, 0.3) is 22.6 Å². The number of benzene rings is 2. The molecule has 10 heteroatoms. The molecule has 0 radical (unpaired) electrons. The second-order valence-electron chi connectivity index (χ2n) is 5.37. The molecule has 9 nitrogen and oxygen atoms in total. The van der Waals surface area contributed by atoms with Gasteiger partial charge in [-0.1, -0.05) is 15.9 Å². The third kappa shape index (κ3) is 2.90. The number of hydrogen-bond acceptors (Lipinski definition) is 7. The van der Waals surface area contributed by atoms with E-state index in [4.69, 9.17) is 8.83 Å². The fourth-order valence-electron chi connectivity index (χ4n) is 2.48. The lowest BCUT2D eigenvalue weighted by atomic mass is 10.2. The molecule has 2 aromatic carbocycles. The van der Waals surface area contributed by atoms with Gasteiger partial charge >= 0.3 is 5.76 Å². The van der Waals surface area contributed by atoms with Crippen molar-refractivity contribution in [1.29, 1.82) is 0 Å². The summed E-state index contributed by atoms with van der Waals surface area (Å²) in [6.45, 7) is -0.0590. The summed E-state index contributed by atoms with van der Waals surface area (Å²) >= 11 is 3.35. The van der Waals surface area contributed by atoms with E-state index in [1.165, 1.54) is 22.8 Å². The molecule has 0 fully saturated rings. The normalized spacial score (nSPS) is 11.1. The van der Waals surface area contributed by atoms with Gasteiger partial charge in [0.1, 0.15) is 6.54 Å². The molecular weight excluding hydrogens is 408 g/mol. The molecule has 2 aromatic heterocycles. The van der Waals surface area contributed by atoms with Crippen LogP contribution in [0.15, 0.2) is 60.6 Å². The van der Waals surface area contributed by atoms with Gasteiger partial charge in [-0.05, 0) is 30.3 Å². The molecule has 130 valence electrons. The van der Waals surface area contributed by atoms with E-state index < -0.39 is 10.7 Å². The predicted octanol–water partition coefficient (Wildman–Crippen LogP) is 3.36. The fourth-order valence-corrected chi connectivity index (χ4v) is 2.74. The number of nitro benzene ring substituents is 1. The second-order valence-corrected chi connectivity index (χ2v) is 6.29. The monoisotopic (exact) mass is 416 g/mol. The molecule has 0 amide bonds. The van der Waals surface area contributed by atoms with Crippen LogP contribution in [0.1, 0.15) is 5.89 Å². The summed E-state index contributed by atoms with van der Waals surface area (Å²) < 4.78 is 12.8. The smallest absolute Gasteiger partial charge is 0.419 e. The molecule has 0 atom stereocenters. The summed E-state index contributed by atoms with van der Waals surface area (Å²) in [6, 6.07) is 11.2. The molecule has 4 rings (SSSR count). The molecule has 0 aliphatic carbocycles. The summed E-state index contributed by atoms with van der Waals surface area (Å²) in [5.74, 6) is -0.178.